The van der Waals surface area contributed by atoms with Crippen LogP contribution in [-0.4, -0.2) is 19.4 Å². The zero-order valence-electron chi connectivity index (χ0n) is 12.0. The van der Waals surface area contributed by atoms with Crippen LogP contribution in [0.25, 0.3) is 17.0 Å². The molecule has 4 aromatic rings. The number of aromatic nitrogens is 4. The van der Waals surface area contributed by atoms with Gasteiger partial charge in [-0.05, 0) is 25.1 Å². The first-order valence-corrected chi connectivity index (χ1v) is 7.84. The van der Waals surface area contributed by atoms with Crippen LogP contribution in [0.15, 0.2) is 54.2 Å². The maximum Gasteiger partial charge on any atom is 0.289 e. The van der Waals surface area contributed by atoms with Crippen molar-refractivity contribution in [3.8, 4) is 11.4 Å². The first kappa shape index (κ1) is 13.1. The number of pyridine rings is 2. The number of nitrogens with two attached hydrogens (primary N) is 1. The quantitative estimate of drug-likeness (QED) is 0.633. The molecule has 0 atom stereocenters. The molecule has 0 saturated heterocycles. The van der Waals surface area contributed by atoms with Gasteiger partial charge in [-0.3, -0.25) is 4.40 Å². The van der Waals surface area contributed by atoms with Crippen LogP contribution in [-0.2, 0) is 0 Å². The van der Waals surface area contributed by atoms with E-state index in [-0.39, 0.29) is 0 Å². The van der Waals surface area contributed by atoms with E-state index in [0.717, 1.165) is 33.7 Å². The average molecular weight is 308 g/mol. The Morgan fingerprint density at radius 2 is 2.00 bits per heavy atom. The van der Waals surface area contributed by atoms with Crippen LogP contribution >= 0.6 is 11.3 Å². The molecule has 4 rings (SSSR count). The van der Waals surface area contributed by atoms with Gasteiger partial charge < -0.3 is 0 Å². The summed E-state index contributed by atoms with van der Waals surface area (Å²) in [6, 6.07) is 11.9. The lowest BCUT2D eigenvalue weighted by atomic mass is 10.3. The Hall–Kier alpha value is -2.57. The number of nitrogens with zero attached hydrogens (tertiary/aromatic N) is 4. The smallest absolute Gasteiger partial charge is 0.289 e. The highest BCUT2D eigenvalue weighted by Gasteiger charge is 2.15. The zero-order valence-corrected chi connectivity index (χ0v) is 12.8. The van der Waals surface area contributed by atoms with Gasteiger partial charge in [0.15, 0.2) is 0 Å². The lowest BCUT2D eigenvalue weighted by molar-refractivity contribution is -0.482. The standard InChI is InChI=1S/C16H13N5S/c1-11-15(21-9-5-3-7-14(21)18-11)12-10-22-16(19-12)20-13-6-2-4-8-17-13/h2-10H,1H3,(H,17,19,20)/p+1. The van der Waals surface area contributed by atoms with Gasteiger partial charge in [-0.25, -0.2) is 15.3 Å². The van der Waals surface area contributed by atoms with Gasteiger partial charge in [0, 0.05) is 23.8 Å². The Bertz CT molecular complexity index is 926. The first-order valence-electron chi connectivity index (χ1n) is 6.96. The van der Waals surface area contributed by atoms with Crippen molar-refractivity contribution in [3.05, 3.63) is 59.9 Å². The molecule has 0 fully saturated rings. The summed E-state index contributed by atoms with van der Waals surface area (Å²) >= 11 is 1.61. The molecule has 4 heterocycles. The molecular formula is C16H14N5S+. The van der Waals surface area contributed by atoms with Gasteiger partial charge in [0.05, 0.1) is 11.4 Å². The number of fused-ring (bicyclic) bond motifs is 1. The van der Waals surface area contributed by atoms with Crippen molar-refractivity contribution in [3.63, 3.8) is 0 Å². The summed E-state index contributed by atoms with van der Waals surface area (Å²) in [5.74, 6) is 0.915. The van der Waals surface area contributed by atoms with Crippen LogP contribution < -0.4 is 5.32 Å². The Balaban J connectivity index is 1.73. The number of thiazole rings is 1. The fourth-order valence-corrected chi connectivity index (χ4v) is 3.21. The second-order valence-electron chi connectivity index (χ2n) is 4.94. The van der Waals surface area contributed by atoms with E-state index in [1.807, 2.05) is 54.8 Å². The third-order valence-electron chi connectivity index (χ3n) is 3.43. The van der Waals surface area contributed by atoms with Gasteiger partial charge in [0.25, 0.3) is 5.13 Å². The average Bonchev–Trinajstić information content (AvgIpc) is 3.11. The molecule has 2 N–H and O–H groups in total. The molecule has 0 aliphatic heterocycles. The van der Waals surface area contributed by atoms with E-state index in [4.69, 9.17) is 4.98 Å². The highest BCUT2D eigenvalue weighted by atomic mass is 32.1. The molecule has 0 aliphatic carbocycles. The summed E-state index contributed by atoms with van der Waals surface area (Å²) < 4.78 is 2.08. The fourth-order valence-electron chi connectivity index (χ4n) is 2.47. The minimum atomic E-state index is 0.915. The Kier molecular flexibility index (Phi) is 3.17. The van der Waals surface area contributed by atoms with E-state index in [1.165, 1.54) is 0 Å². The number of hydrogen-bond acceptors (Lipinski definition) is 4. The van der Waals surface area contributed by atoms with Gasteiger partial charge in [0.1, 0.15) is 11.3 Å². The molecular weight excluding hydrogens is 294 g/mol. The van der Waals surface area contributed by atoms with Crippen molar-refractivity contribution >= 4 is 27.9 Å². The molecule has 0 aliphatic rings. The maximum atomic E-state index is 4.72. The number of aryl methyl sites for hydroxylation is 1. The lowest BCUT2D eigenvalue weighted by Crippen LogP contribution is -2.71. The van der Waals surface area contributed by atoms with Crippen molar-refractivity contribution in [2.24, 2.45) is 0 Å². The van der Waals surface area contributed by atoms with Crippen LogP contribution in [0.2, 0.25) is 0 Å². The summed E-state index contributed by atoms with van der Waals surface area (Å²) in [6.45, 7) is 2.02. The Morgan fingerprint density at radius 3 is 2.86 bits per heavy atom. The van der Waals surface area contributed by atoms with Crippen LogP contribution in [0.4, 0.5) is 10.9 Å². The van der Waals surface area contributed by atoms with E-state index in [0.29, 0.717) is 0 Å². The number of rotatable bonds is 3. The molecule has 6 heteroatoms. The summed E-state index contributed by atoms with van der Waals surface area (Å²) in [5, 5.41) is 5.00. The monoisotopic (exact) mass is 308 g/mol. The highest BCUT2D eigenvalue weighted by Crippen LogP contribution is 2.26. The zero-order chi connectivity index (χ0) is 14.9. The molecule has 0 aromatic carbocycles. The van der Waals surface area contributed by atoms with E-state index in [2.05, 4.69) is 19.7 Å². The highest BCUT2D eigenvalue weighted by molar-refractivity contribution is 7.13. The van der Waals surface area contributed by atoms with Gasteiger partial charge in [-0.1, -0.05) is 23.5 Å². The van der Waals surface area contributed by atoms with Crippen molar-refractivity contribution < 1.29 is 5.32 Å². The predicted octanol–water partition coefficient (Wildman–Crippen LogP) is 2.69. The molecule has 0 spiro atoms. The molecule has 0 bridgehead atoms. The van der Waals surface area contributed by atoms with Crippen molar-refractivity contribution in [2.75, 3.05) is 0 Å². The maximum absolute atomic E-state index is 4.72. The van der Waals surface area contributed by atoms with Gasteiger partial charge in [-0.15, -0.1) is 0 Å². The Labute approximate surface area is 131 Å². The van der Waals surface area contributed by atoms with Crippen molar-refractivity contribution in [1.82, 2.24) is 19.4 Å². The largest absolute Gasteiger partial charge is 0.298 e. The number of hydrogen-bond donors (Lipinski definition) is 1. The SMILES string of the molecule is Cc1nc2ccccn2c1-c1csc([NH2+]c2ccccn2)n1. The van der Waals surface area contributed by atoms with Crippen molar-refractivity contribution in [2.45, 2.75) is 6.92 Å². The van der Waals surface area contributed by atoms with E-state index in [9.17, 15) is 0 Å². The minimum Gasteiger partial charge on any atom is -0.298 e. The Morgan fingerprint density at radius 1 is 1.09 bits per heavy atom. The van der Waals surface area contributed by atoms with E-state index >= 15 is 0 Å². The fraction of sp³-hybridized carbons (Fsp3) is 0.0625. The second kappa shape index (κ2) is 5.32. The number of quaternary nitrogens is 1. The molecule has 108 valence electrons. The first-order chi connectivity index (χ1) is 10.8. The molecule has 5 nitrogen and oxygen atoms in total. The summed E-state index contributed by atoms with van der Waals surface area (Å²) in [7, 11) is 0. The molecule has 0 amide bonds. The van der Waals surface area contributed by atoms with Gasteiger partial charge in [-0.2, -0.15) is 4.98 Å². The van der Waals surface area contributed by atoms with E-state index in [1.54, 1.807) is 17.5 Å². The topological polar surface area (TPSA) is 59.7 Å². The summed E-state index contributed by atoms with van der Waals surface area (Å²) in [6.07, 6.45) is 3.81. The summed E-state index contributed by atoms with van der Waals surface area (Å²) in [4.78, 5) is 13.6. The lowest BCUT2D eigenvalue weighted by Gasteiger charge is -1.98. The molecule has 4 aromatic heterocycles. The van der Waals surface area contributed by atoms with Gasteiger partial charge in [0.2, 0.25) is 5.82 Å². The molecule has 0 saturated carbocycles. The van der Waals surface area contributed by atoms with Crippen LogP contribution in [0.1, 0.15) is 5.69 Å². The normalized spacial score (nSPS) is 11.1. The van der Waals surface area contributed by atoms with Crippen LogP contribution in [0.5, 0.6) is 0 Å². The minimum absolute atomic E-state index is 0.915. The van der Waals surface area contributed by atoms with Crippen LogP contribution in [0.3, 0.4) is 0 Å². The molecule has 0 radical (unpaired) electrons. The summed E-state index contributed by atoms with van der Waals surface area (Å²) in [5.41, 5.74) is 3.93. The second-order valence-corrected chi connectivity index (χ2v) is 5.83. The third-order valence-corrected chi connectivity index (χ3v) is 4.22. The van der Waals surface area contributed by atoms with Crippen LogP contribution in [0, 0.1) is 6.92 Å². The third kappa shape index (κ3) is 2.28. The molecule has 0 unspecified atom stereocenters. The predicted molar refractivity (Wildman–Crippen MR) is 86.5 cm³/mol. The van der Waals surface area contributed by atoms with Gasteiger partial charge >= 0.3 is 0 Å². The van der Waals surface area contributed by atoms with E-state index < -0.39 is 0 Å². The van der Waals surface area contributed by atoms with Crippen molar-refractivity contribution in [1.29, 1.82) is 0 Å². The number of imidazole rings is 1. The molecule has 22 heavy (non-hydrogen) atoms.